The maximum Gasteiger partial charge on any atom is 0.193 e. The number of anilines is 1. The molecule has 0 aliphatic carbocycles. The third kappa shape index (κ3) is 4.61. The summed E-state index contributed by atoms with van der Waals surface area (Å²) in [5.41, 5.74) is 2.11. The zero-order valence-corrected chi connectivity index (χ0v) is 15.8. The normalized spacial score (nSPS) is 15.2. The molecule has 0 spiro atoms. The van der Waals surface area contributed by atoms with E-state index in [0.717, 1.165) is 55.8 Å². The lowest BCUT2D eigenvalue weighted by atomic mass is 10.1. The molecular weight excluding hydrogens is 348 g/mol. The molecule has 1 aliphatic rings. The summed E-state index contributed by atoms with van der Waals surface area (Å²) in [5.74, 6) is 1.26. The Morgan fingerprint density at radius 1 is 1.12 bits per heavy atom. The van der Waals surface area contributed by atoms with Crippen LogP contribution in [-0.2, 0) is 6.42 Å². The number of rotatable bonds is 4. The van der Waals surface area contributed by atoms with E-state index in [0.29, 0.717) is 5.75 Å². The Bertz CT molecular complexity index is 757. The molecule has 0 aromatic heterocycles. The molecule has 3 rings (SSSR count). The first-order chi connectivity index (χ1) is 12.7. The highest BCUT2D eigenvalue weighted by molar-refractivity contribution is 6.30. The minimum Gasteiger partial charge on any atom is -0.506 e. The molecule has 1 saturated heterocycles. The third-order valence-electron chi connectivity index (χ3n) is 4.60. The van der Waals surface area contributed by atoms with Crippen LogP contribution in [0.3, 0.4) is 0 Å². The van der Waals surface area contributed by atoms with Gasteiger partial charge in [-0.2, -0.15) is 0 Å². The lowest BCUT2D eigenvalue weighted by molar-refractivity contribution is 0.370. The highest BCUT2D eigenvalue weighted by Crippen LogP contribution is 2.27. The van der Waals surface area contributed by atoms with Gasteiger partial charge in [0.25, 0.3) is 0 Å². The first-order valence-corrected chi connectivity index (χ1v) is 9.28. The van der Waals surface area contributed by atoms with E-state index in [1.807, 2.05) is 43.4 Å². The number of guanidine groups is 1. The number of aliphatic imine (C=N–C) groups is 1. The van der Waals surface area contributed by atoms with Crippen LogP contribution in [0.1, 0.15) is 5.56 Å². The summed E-state index contributed by atoms with van der Waals surface area (Å²) in [6.07, 6.45) is 0.900. The van der Waals surface area contributed by atoms with Gasteiger partial charge in [0.05, 0.1) is 5.69 Å². The lowest BCUT2D eigenvalue weighted by Crippen LogP contribution is -2.52. The molecular formula is C20H25ClN4O. The van der Waals surface area contributed by atoms with E-state index >= 15 is 0 Å². The highest BCUT2D eigenvalue weighted by Gasteiger charge is 2.21. The Labute approximate surface area is 159 Å². The van der Waals surface area contributed by atoms with Gasteiger partial charge in [-0.25, -0.2) is 0 Å². The summed E-state index contributed by atoms with van der Waals surface area (Å²) in [6.45, 7) is 4.25. The summed E-state index contributed by atoms with van der Waals surface area (Å²) in [6, 6.07) is 15.4. The van der Waals surface area contributed by atoms with Crippen molar-refractivity contribution < 1.29 is 5.11 Å². The summed E-state index contributed by atoms with van der Waals surface area (Å²) in [5, 5.41) is 14.2. The predicted octanol–water partition coefficient (Wildman–Crippen LogP) is 2.99. The van der Waals surface area contributed by atoms with Crippen LogP contribution in [0.2, 0.25) is 5.02 Å². The number of nitrogens with one attached hydrogen (secondary N) is 1. The Balaban J connectivity index is 1.50. The second-order valence-electron chi connectivity index (χ2n) is 6.32. The number of piperazine rings is 1. The Hall–Kier alpha value is -2.40. The Morgan fingerprint density at radius 2 is 1.88 bits per heavy atom. The molecule has 138 valence electrons. The number of hydrogen-bond donors (Lipinski definition) is 2. The Morgan fingerprint density at radius 3 is 2.58 bits per heavy atom. The largest absolute Gasteiger partial charge is 0.506 e. The van der Waals surface area contributed by atoms with Gasteiger partial charge in [-0.1, -0.05) is 35.9 Å². The number of phenols is 1. The fourth-order valence-corrected chi connectivity index (χ4v) is 3.45. The van der Waals surface area contributed by atoms with Crippen molar-refractivity contribution in [2.45, 2.75) is 6.42 Å². The molecule has 26 heavy (non-hydrogen) atoms. The molecule has 2 aromatic carbocycles. The third-order valence-corrected chi connectivity index (χ3v) is 4.83. The summed E-state index contributed by atoms with van der Waals surface area (Å²) >= 11 is 6.04. The molecule has 2 aromatic rings. The minimum atomic E-state index is 0.338. The number of para-hydroxylation sites is 2. The van der Waals surface area contributed by atoms with Crippen molar-refractivity contribution in [3.63, 3.8) is 0 Å². The van der Waals surface area contributed by atoms with E-state index in [2.05, 4.69) is 26.2 Å². The summed E-state index contributed by atoms with van der Waals surface area (Å²) in [4.78, 5) is 8.89. The van der Waals surface area contributed by atoms with E-state index in [4.69, 9.17) is 11.6 Å². The predicted molar refractivity (Wildman–Crippen MR) is 108 cm³/mol. The highest BCUT2D eigenvalue weighted by atomic mass is 35.5. The SMILES string of the molecule is CN=C(NCCc1cccc(Cl)c1)N1CCN(c2ccccc2O)CC1. The van der Waals surface area contributed by atoms with Crippen LogP contribution in [0.4, 0.5) is 5.69 Å². The molecule has 0 amide bonds. The molecule has 2 N–H and O–H groups in total. The molecule has 6 heteroatoms. The number of benzene rings is 2. The quantitative estimate of drug-likeness (QED) is 0.640. The zero-order chi connectivity index (χ0) is 18.4. The van der Waals surface area contributed by atoms with Crippen LogP contribution < -0.4 is 10.2 Å². The molecule has 1 fully saturated rings. The van der Waals surface area contributed by atoms with Crippen LogP contribution in [0, 0.1) is 0 Å². The van der Waals surface area contributed by atoms with E-state index in [1.165, 1.54) is 5.56 Å². The molecule has 1 aliphatic heterocycles. The lowest BCUT2D eigenvalue weighted by Gasteiger charge is -2.37. The summed E-state index contributed by atoms with van der Waals surface area (Å²) in [7, 11) is 1.82. The standard InChI is InChI=1S/C20H25ClN4O/c1-22-20(23-10-9-16-5-4-6-17(21)15-16)25-13-11-24(12-14-25)18-7-2-3-8-19(18)26/h2-8,15,26H,9-14H2,1H3,(H,22,23). The first-order valence-electron chi connectivity index (χ1n) is 8.90. The maximum absolute atomic E-state index is 10.0. The second kappa shape index (κ2) is 8.81. The van der Waals surface area contributed by atoms with Crippen molar-refractivity contribution in [1.82, 2.24) is 10.2 Å². The molecule has 0 atom stereocenters. The number of hydrogen-bond acceptors (Lipinski definition) is 3. The average Bonchev–Trinajstić information content (AvgIpc) is 2.66. The van der Waals surface area contributed by atoms with Crippen molar-refractivity contribution in [3.8, 4) is 5.75 Å². The second-order valence-corrected chi connectivity index (χ2v) is 6.75. The zero-order valence-electron chi connectivity index (χ0n) is 15.0. The molecule has 5 nitrogen and oxygen atoms in total. The van der Waals surface area contributed by atoms with Gasteiger partial charge in [0.1, 0.15) is 5.75 Å². The van der Waals surface area contributed by atoms with E-state index in [9.17, 15) is 5.11 Å². The van der Waals surface area contributed by atoms with Crippen molar-refractivity contribution in [3.05, 3.63) is 59.1 Å². The number of nitrogens with zero attached hydrogens (tertiary/aromatic N) is 3. The number of halogens is 1. The van der Waals surface area contributed by atoms with Gasteiger partial charge in [0.2, 0.25) is 0 Å². The Kier molecular flexibility index (Phi) is 6.23. The number of aromatic hydroxyl groups is 1. The maximum atomic E-state index is 10.0. The van der Waals surface area contributed by atoms with Crippen LogP contribution >= 0.6 is 11.6 Å². The smallest absolute Gasteiger partial charge is 0.193 e. The van der Waals surface area contributed by atoms with Crippen LogP contribution in [0.25, 0.3) is 0 Å². The fraction of sp³-hybridized carbons (Fsp3) is 0.350. The van der Waals surface area contributed by atoms with Gasteiger partial charge in [-0.05, 0) is 36.2 Å². The minimum absolute atomic E-state index is 0.338. The molecule has 0 saturated carbocycles. The van der Waals surface area contributed by atoms with E-state index in [-0.39, 0.29) is 0 Å². The van der Waals surface area contributed by atoms with Gasteiger partial charge < -0.3 is 20.2 Å². The van der Waals surface area contributed by atoms with Crippen molar-refractivity contribution in [2.75, 3.05) is 44.7 Å². The van der Waals surface area contributed by atoms with Crippen LogP contribution in [0.5, 0.6) is 5.75 Å². The number of phenolic OH excluding ortho intramolecular Hbond substituents is 1. The molecule has 0 radical (unpaired) electrons. The monoisotopic (exact) mass is 372 g/mol. The van der Waals surface area contributed by atoms with Gasteiger partial charge in [-0.3, -0.25) is 4.99 Å². The van der Waals surface area contributed by atoms with E-state index in [1.54, 1.807) is 6.07 Å². The van der Waals surface area contributed by atoms with E-state index < -0.39 is 0 Å². The van der Waals surface area contributed by atoms with Crippen molar-refractivity contribution in [2.24, 2.45) is 4.99 Å². The first kappa shape index (κ1) is 18.4. The summed E-state index contributed by atoms with van der Waals surface area (Å²) < 4.78 is 0. The average molecular weight is 373 g/mol. The van der Waals surface area contributed by atoms with Crippen molar-refractivity contribution in [1.29, 1.82) is 0 Å². The van der Waals surface area contributed by atoms with Crippen LogP contribution in [0.15, 0.2) is 53.5 Å². The topological polar surface area (TPSA) is 51.1 Å². The van der Waals surface area contributed by atoms with Gasteiger partial charge in [0.15, 0.2) is 5.96 Å². The van der Waals surface area contributed by atoms with Gasteiger partial charge >= 0.3 is 0 Å². The molecule has 0 bridgehead atoms. The van der Waals surface area contributed by atoms with Crippen molar-refractivity contribution >= 4 is 23.2 Å². The van der Waals surface area contributed by atoms with Gasteiger partial charge in [0, 0.05) is 44.8 Å². The molecule has 0 unspecified atom stereocenters. The van der Waals surface area contributed by atoms with Crippen LogP contribution in [-0.4, -0.2) is 55.7 Å². The molecule has 1 heterocycles. The fourth-order valence-electron chi connectivity index (χ4n) is 3.23. The van der Waals surface area contributed by atoms with Gasteiger partial charge in [-0.15, -0.1) is 0 Å².